The van der Waals surface area contributed by atoms with Gasteiger partial charge in [-0.1, -0.05) is 32.0 Å². The summed E-state index contributed by atoms with van der Waals surface area (Å²) in [6.45, 7) is 5.37. The summed E-state index contributed by atoms with van der Waals surface area (Å²) >= 11 is 3.41. The summed E-state index contributed by atoms with van der Waals surface area (Å²) in [5, 5.41) is 5.93. The largest absolute Gasteiger partial charge is 0.486 e. The molecule has 2 aromatic rings. The number of ether oxygens (including phenoxy) is 2. The van der Waals surface area contributed by atoms with Gasteiger partial charge in [0.1, 0.15) is 13.2 Å². The molecule has 0 spiro atoms. The first-order valence-electron chi connectivity index (χ1n) is 10.3. The van der Waals surface area contributed by atoms with Gasteiger partial charge in [0.05, 0.1) is 24.8 Å². The van der Waals surface area contributed by atoms with E-state index in [9.17, 15) is 9.59 Å². The van der Waals surface area contributed by atoms with Crippen LogP contribution in [0.2, 0.25) is 0 Å². The highest BCUT2D eigenvalue weighted by atomic mass is 79.9. The second-order valence-electron chi connectivity index (χ2n) is 7.89. The van der Waals surface area contributed by atoms with Crippen LogP contribution in [0.1, 0.15) is 25.5 Å². The molecule has 1 aliphatic rings. The van der Waals surface area contributed by atoms with Gasteiger partial charge in [0, 0.05) is 4.47 Å². The lowest BCUT2D eigenvalue weighted by molar-refractivity contribution is -0.123. The second-order valence-corrected chi connectivity index (χ2v) is 8.75. The van der Waals surface area contributed by atoms with E-state index in [4.69, 9.17) is 9.47 Å². The molecule has 0 radical (unpaired) electrons. The lowest BCUT2D eigenvalue weighted by Crippen LogP contribution is -2.41. The third kappa shape index (κ3) is 6.45. The predicted octanol–water partition coefficient (Wildman–Crippen LogP) is 3.60. The van der Waals surface area contributed by atoms with E-state index in [1.54, 1.807) is 11.9 Å². The van der Waals surface area contributed by atoms with Crippen molar-refractivity contribution in [1.82, 2.24) is 10.2 Å². The van der Waals surface area contributed by atoms with Crippen molar-refractivity contribution in [2.24, 2.45) is 5.92 Å². The van der Waals surface area contributed by atoms with Crippen LogP contribution in [0, 0.1) is 5.92 Å². The molecular formula is C23H28BrN3O4. The molecule has 0 fully saturated rings. The minimum atomic E-state index is -0.186. The Labute approximate surface area is 191 Å². The number of nitrogens with zero attached hydrogens (tertiary/aromatic N) is 1. The first-order valence-corrected chi connectivity index (χ1v) is 11.0. The van der Waals surface area contributed by atoms with Crippen LogP contribution in [-0.4, -0.2) is 50.1 Å². The van der Waals surface area contributed by atoms with Crippen LogP contribution in [0.5, 0.6) is 11.5 Å². The zero-order valence-corrected chi connectivity index (χ0v) is 19.6. The molecule has 1 atom stereocenters. The number of amides is 2. The molecular weight excluding hydrogens is 462 g/mol. The Morgan fingerprint density at radius 2 is 1.71 bits per heavy atom. The molecule has 0 saturated carbocycles. The van der Waals surface area contributed by atoms with Gasteiger partial charge in [-0.3, -0.25) is 14.5 Å². The highest BCUT2D eigenvalue weighted by Crippen LogP contribution is 2.34. The maximum atomic E-state index is 12.7. The van der Waals surface area contributed by atoms with E-state index in [1.807, 2.05) is 42.5 Å². The van der Waals surface area contributed by atoms with Gasteiger partial charge >= 0.3 is 0 Å². The van der Waals surface area contributed by atoms with Gasteiger partial charge in [-0.25, -0.2) is 0 Å². The summed E-state index contributed by atoms with van der Waals surface area (Å²) in [7, 11) is 1.74. The van der Waals surface area contributed by atoms with Crippen molar-refractivity contribution in [3.8, 4) is 11.5 Å². The number of halogens is 1. The third-order valence-corrected chi connectivity index (χ3v) is 5.57. The van der Waals surface area contributed by atoms with Crippen LogP contribution in [0.15, 0.2) is 46.9 Å². The summed E-state index contributed by atoms with van der Waals surface area (Å²) in [5.74, 6) is 1.26. The molecule has 7 nitrogen and oxygen atoms in total. The molecule has 1 aliphatic heterocycles. The number of hydrogen-bond acceptors (Lipinski definition) is 5. The summed E-state index contributed by atoms with van der Waals surface area (Å²) < 4.78 is 12.1. The minimum absolute atomic E-state index is 0.102. The third-order valence-electron chi connectivity index (χ3n) is 4.88. The molecule has 2 amide bonds. The lowest BCUT2D eigenvalue weighted by Gasteiger charge is -2.26. The Morgan fingerprint density at radius 1 is 1.03 bits per heavy atom. The number of fused-ring (bicyclic) bond motifs is 1. The average Bonchev–Trinajstić information content (AvgIpc) is 2.73. The monoisotopic (exact) mass is 489 g/mol. The van der Waals surface area contributed by atoms with E-state index in [1.165, 1.54) is 0 Å². The van der Waals surface area contributed by atoms with E-state index in [-0.39, 0.29) is 36.9 Å². The summed E-state index contributed by atoms with van der Waals surface area (Å²) in [4.78, 5) is 26.7. The molecule has 0 bridgehead atoms. The normalized spacial score (nSPS) is 13.7. The molecule has 31 heavy (non-hydrogen) atoms. The predicted molar refractivity (Wildman–Crippen MR) is 123 cm³/mol. The van der Waals surface area contributed by atoms with Gasteiger partial charge in [0.2, 0.25) is 11.8 Å². The van der Waals surface area contributed by atoms with Crippen LogP contribution < -0.4 is 20.1 Å². The number of carbonyl (C=O) groups excluding carboxylic acids is 2. The smallest absolute Gasteiger partial charge is 0.238 e. The summed E-state index contributed by atoms with van der Waals surface area (Å²) in [6.07, 6.45) is 0. The fourth-order valence-electron chi connectivity index (χ4n) is 3.41. The molecule has 1 heterocycles. The summed E-state index contributed by atoms with van der Waals surface area (Å²) in [6, 6.07) is 13.0. The maximum absolute atomic E-state index is 12.7. The summed E-state index contributed by atoms with van der Waals surface area (Å²) in [5.41, 5.74) is 1.66. The van der Waals surface area contributed by atoms with Gasteiger partial charge in [-0.15, -0.1) is 0 Å². The Balaban J connectivity index is 1.56. The van der Waals surface area contributed by atoms with Crippen molar-refractivity contribution in [1.29, 1.82) is 0 Å². The van der Waals surface area contributed by atoms with Crippen molar-refractivity contribution in [3.05, 3.63) is 52.5 Å². The molecule has 3 rings (SSSR count). The van der Waals surface area contributed by atoms with E-state index < -0.39 is 0 Å². The number of likely N-dealkylation sites (N-methyl/N-ethyl adjacent to an activating group) is 1. The van der Waals surface area contributed by atoms with E-state index >= 15 is 0 Å². The van der Waals surface area contributed by atoms with Crippen LogP contribution in [0.3, 0.4) is 0 Å². The van der Waals surface area contributed by atoms with Gasteiger partial charge in [-0.05, 0) is 58.7 Å². The number of para-hydroxylation sites is 1. The fourth-order valence-corrected chi connectivity index (χ4v) is 3.79. The molecule has 0 saturated heterocycles. The molecule has 0 aromatic heterocycles. The van der Waals surface area contributed by atoms with E-state index in [0.29, 0.717) is 24.7 Å². The zero-order chi connectivity index (χ0) is 22.4. The molecule has 2 aromatic carbocycles. The number of hydrogen-bond donors (Lipinski definition) is 2. The Morgan fingerprint density at radius 3 is 2.42 bits per heavy atom. The van der Waals surface area contributed by atoms with Crippen LogP contribution in [0.4, 0.5) is 5.69 Å². The van der Waals surface area contributed by atoms with Crippen LogP contribution >= 0.6 is 15.9 Å². The minimum Gasteiger partial charge on any atom is -0.486 e. The molecule has 0 aliphatic carbocycles. The van der Waals surface area contributed by atoms with Crippen LogP contribution in [-0.2, 0) is 9.59 Å². The quantitative estimate of drug-likeness (QED) is 0.591. The topological polar surface area (TPSA) is 79.9 Å². The second kappa shape index (κ2) is 10.6. The van der Waals surface area contributed by atoms with E-state index in [0.717, 1.165) is 15.8 Å². The van der Waals surface area contributed by atoms with Crippen molar-refractivity contribution in [3.63, 3.8) is 0 Å². The number of benzene rings is 2. The average molecular weight is 490 g/mol. The number of nitrogens with one attached hydrogen (secondary N) is 2. The van der Waals surface area contributed by atoms with E-state index in [2.05, 4.69) is 40.4 Å². The molecule has 1 unspecified atom stereocenters. The fraction of sp³-hybridized carbons (Fsp3) is 0.391. The highest BCUT2D eigenvalue weighted by molar-refractivity contribution is 9.10. The number of rotatable bonds is 8. The van der Waals surface area contributed by atoms with Crippen LogP contribution in [0.25, 0.3) is 0 Å². The highest BCUT2D eigenvalue weighted by Gasteiger charge is 2.22. The number of carbonyl (C=O) groups is 2. The Kier molecular flexibility index (Phi) is 7.92. The first kappa shape index (κ1) is 23.1. The Bertz CT molecular complexity index is 935. The molecule has 2 N–H and O–H groups in total. The first-order chi connectivity index (χ1) is 14.8. The van der Waals surface area contributed by atoms with Gasteiger partial charge in [-0.2, -0.15) is 0 Å². The SMILES string of the molecule is CC(C)C(NC(=O)CN(C)CC(=O)Nc1ccccc1Br)c1ccc2c(c1)OCCO2. The van der Waals surface area contributed by atoms with Gasteiger partial charge in [0.25, 0.3) is 0 Å². The van der Waals surface area contributed by atoms with Gasteiger partial charge < -0.3 is 20.1 Å². The lowest BCUT2D eigenvalue weighted by atomic mass is 9.95. The maximum Gasteiger partial charge on any atom is 0.238 e. The van der Waals surface area contributed by atoms with Crippen molar-refractivity contribution in [2.45, 2.75) is 19.9 Å². The Hall–Kier alpha value is -2.58. The zero-order valence-electron chi connectivity index (χ0n) is 18.0. The number of anilines is 1. The standard InChI is InChI=1S/C23H28BrN3O4/c1-15(2)23(16-8-9-19-20(12-16)31-11-10-30-19)26-22(29)14-27(3)13-21(28)25-18-7-5-4-6-17(18)24/h4-9,12,15,23H,10-11,13-14H2,1-3H3,(H,25,28)(H,26,29). The van der Waals surface area contributed by atoms with Crippen molar-refractivity contribution < 1.29 is 19.1 Å². The molecule has 166 valence electrons. The molecule has 8 heteroatoms. The van der Waals surface area contributed by atoms with Crippen molar-refractivity contribution >= 4 is 33.4 Å². The van der Waals surface area contributed by atoms with Crippen molar-refractivity contribution in [2.75, 3.05) is 38.7 Å². The van der Waals surface area contributed by atoms with Gasteiger partial charge in [0.15, 0.2) is 11.5 Å².